The summed E-state index contributed by atoms with van der Waals surface area (Å²) in [6.07, 6.45) is 2.80. The van der Waals surface area contributed by atoms with Crippen molar-refractivity contribution in [3.05, 3.63) is 30.0 Å². The van der Waals surface area contributed by atoms with Crippen molar-refractivity contribution in [2.24, 2.45) is 0 Å². The fraction of sp³-hybridized carbons (Fsp3) is 0.222. The van der Waals surface area contributed by atoms with Gasteiger partial charge in [-0.2, -0.15) is 4.37 Å². The van der Waals surface area contributed by atoms with E-state index < -0.39 is 0 Å². The molecule has 0 atom stereocenters. The van der Waals surface area contributed by atoms with E-state index in [0.29, 0.717) is 23.1 Å². The number of hydrogen-bond donors (Lipinski definition) is 1. The number of ether oxygens (including phenoxy) is 1. The zero-order valence-electron chi connectivity index (χ0n) is 8.47. The first-order valence-electron chi connectivity index (χ1n) is 4.44. The lowest BCUT2D eigenvalue weighted by Crippen LogP contribution is -2.10. The molecule has 0 saturated carbocycles. The van der Waals surface area contributed by atoms with Gasteiger partial charge in [0.15, 0.2) is 5.82 Å². The summed E-state index contributed by atoms with van der Waals surface area (Å²) in [5, 5.41) is 3.06. The van der Waals surface area contributed by atoms with Gasteiger partial charge in [0.1, 0.15) is 12.9 Å². The highest BCUT2D eigenvalue weighted by Crippen LogP contribution is 2.13. The highest BCUT2D eigenvalue weighted by molar-refractivity contribution is 7.09. The van der Waals surface area contributed by atoms with Gasteiger partial charge in [0.2, 0.25) is 5.13 Å². The summed E-state index contributed by atoms with van der Waals surface area (Å²) in [4.78, 5) is 15.6. The second kappa shape index (κ2) is 4.86. The molecular formula is C9H9N3O3S. The maximum Gasteiger partial charge on any atom is 0.260 e. The van der Waals surface area contributed by atoms with Crippen molar-refractivity contribution in [3.8, 4) is 0 Å². The van der Waals surface area contributed by atoms with Gasteiger partial charge in [-0.05, 0) is 6.07 Å². The Morgan fingerprint density at radius 3 is 3.25 bits per heavy atom. The van der Waals surface area contributed by atoms with Crippen LogP contribution in [0.15, 0.2) is 23.0 Å². The minimum absolute atomic E-state index is 0.270. The Balaban J connectivity index is 2.01. The van der Waals surface area contributed by atoms with Crippen LogP contribution >= 0.6 is 11.5 Å². The number of hydrogen-bond acceptors (Lipinski definition) is 6. The SMILES string of the molecule is COCc1nsc(NC(=O)c2ccoc2)n1. The number of rotatable bonds is 4. The van der Waals surface area contributed by atoms with Gasteiger partial charge in [0, 0.05) is 18.6 Å². The van der Waals surface area contributed by atoms with E-state index in [1.165, 1.54) is 12.5 Å². The molecule has 2 rings (SSSR count). The summed E-state index contributed by atoms with van der Waals surface area (Å²) >= 11 is 1.11. The van der Waals surface area contributed by atoms with Crippen LogP contribution in [0, 0.1) is 0 Å². The second-order valence-electron chi connectivity index (χ2n) is 2.91. The average molecular weight is 239 g/mol. The van der Waals surface area contributed by atoms with Crippen LogP contribution in [0.2, 0.25) is 0 Å². The topological polar surface area (TPSA) is 77.2 Å². The summed E-state index contributed by atoms with van der Waals surface area (Å²) < 4.78 is 13.7. The van der Waals surface area contributed by atoms with Crippen LogP contribution in [0.4, 0.5) is 5.13 Å². The lowest BCUT2D eigenvalue weighted by molar-refractivity contribution is 0.102. The predicted molar refractivity (Wildman–Crippen MR) is 57.3 cm³/mol. The molecule has 0 fully saturated rings. The Labute approximate surface area is 95.4 Å². The average Bonchev–Trinajstić information content (AvgIpc) is 2.89. The Morgan fingerprint density at radius 1 is 1.69 bits per heavy atom. The van der Waals surface area contributed by atoms with Crippen LogP contribution in [0.25, 0.3) is 0 Å². The molecule has 0 spiro atoms. The van der Waals surface area contributed by atoms with Crippen molar-refractivity contribution in [2.45, 2.75) is 6.61 Å². The first-order valence-corrected chi connectivity index (χ1v) is 5.22. The number of amides is 1. The molecule has 0 radical (unpaired) electrons. The third-order valence-electron chi connectivity index (χ3n) is 1.75. The Hall–Kier alpha value is -1.73. The number of furan rings is 1. The van der Waals surface area contributed by atoms with E-state index in [4.69, 9.17) is 9.15 Å². The first-order chi connectivity index (χ1) is 7.79. The van der Waals surface area contributed by atoms with Gasteiger partial charge in [-0.15, -0.1) is 0 Å². The molecule has 2 heterocycles. The van der Waals surface area contributed by atoms with E-state index in [-0.39, 0.29) is 5.91 Å². The molecule has 0 aliphatic heterocycles. The second-order valence-corrected chi connectivity index (χ2v) is 3.67. The maximum absolute atomic E-state index is 11.6. The Kier molecular flexibility index (Phi) is 3.28. The van der Waals surface area contributed by atoms with Crippen molar-refractivity contribution >= 4 is 22.6 Å². The van der Waals surface area contributed by atoms with Gasteiger partial charge >= 0.3 is 0 Å². The molecule has 0 unspecified atom stereocenters. The zero-order valence-corrected chi connectivity index (χ0v) is 9.28. The van der Waals surface area contributed by atoms with Crippen LogP contribution in [0.1, 0.15) is 16.2 Å². The fourth-order valence-corrected chi connectivity index (χ4v) is 1.63. The van der Waals surface area contributed by atoms with E-state index >= 15 is 0 Å². The molecule has 1 N–H and O–H groups in total. The first kappa shape index (κ1) is 10.8. The number of carbonyl (C=O) groups is 1. The molecule has 2 aromatic heterocycles. The standard InChI is InChI=1S/C9H9N3O3S/c1-14-5-7-10-9(16-12-7)11-8(13)6-2-3-15-4-6/h2-4H,5H2,1H3,(H,10,11,12,13). The molecule has 0 aliphatic rings. The van der Waals surface area contributed by atoms with Crippen molar-refractivity contribution in [1.29, 1.82) is 0 Å². The van der Waals surface area contributed by atoms with E-state index in [1.54, 1.807) is 13.2 Å². The smallest absolute Gasteiger partial charge is 0.260 e. The van der Waals surface area contributed by atoms with Gasteiger partial charge in [-0.3, -0.25) is 10.1 Å². The third-order valence-corrected chi connectivity index (χ3v) is 2.41. The maximum atomic E-state index is 11.6. The van der Waals surface area contributed by atoms with E-state index in [9.17, 15) is 4.79 Å². The minimum atomic E-state index is -0.270. The van der Waals surface area contributed by atoms with Crippen molar-refractivity contribution in [3.63, 3.8) is 0 Å². The van der Waals surface area contributed by atoms with Gasteiger partial charge in [0.25, 0.3) is 5.91 Å². The van der Waals surface area contributed by atoms with Crippen LogP contribution < -0.4 is 5.32 Å². The van der Waals surface area contributed by atoms with Crippen molar-refractivity contribution < 1.29 is 13.9 Å². The summed E-state index contributed by atoms with van der Waals surface area (Å²) in [5.41, 5.74) is 0.448. The van der Waals surface area contributed by atoms with E-state index in [0.717, 1.165) is 11.5 Å². The van der Waals surface area contributed by atoms with E-state index in [2.05, 4.69) is 14.7 Å². The zero-order chi connectivity index (χ0) is 11.4. The molecule has 7 heteroatoms. The summed E-state index contributed by atoms with van der Waals surface area (Å²) in [5.74, 6) is 0.281. The molecule has 0 saturated heterocycles. The van der Waals surface area contributed by atoms with Crippen LogP contribution in [-0.4, -0.2) is 22.4 Å². The molecule has 1 amide bonds. The monoisotopic (exact) mass is 239 g/mol. The molecule has 84 valence electrons. The van der Waals surface area contributed by atoms with Gasteiger partial charge in [-0.1, -0.05) is 0 Å². The van der Waals surface area contributed by atoms with Gasteiger partial charge in [0.05, 0.1) is 11.8 Å². The number of nitrogens with one attached hydrogen (secondary N) is 1. The molecule has 0 aliphatic carbocycles. The van der Waals surface area contributed by atoms with E-state index in [1.807, 2.05) is 0 Å². The van der Waals surface area contributed by atoms with Crippen molar-refractivity contribution in [1.82, 2.24) is 9.36 Å². The lowest BCUT2D eigenvalue weighted by atomic mass is 10.3. The highest BCUT2D eigenvalue weighted by Gasteiger charge is 2.10. The number of anilines is 1. The highest BCUT2D eigenvalue weighted by atomic mass is 32.1. The van der Waals surface area contributed by atoms with Gasteiger partial charge < -0.3 is 9.15 Å². The number of methoxy groups -OCH3 is 1. The molecule has 6 nitrogen and oxygen atoms in total. The number of aromatic nitrogens is 2. The fourth-order valence-electron chi connectivity index (χ4n) is 1.06. The summed E-state index contributed by atoms with van der Waals surface area (Å²) in [6.45, 7) is 0.331. The largest absolute Gasteiger partial charge is 0.472 e. The Morgan fingerprint density at radius 2 is 2.56 bits per heavy atom. The molecule has 0 aromatic carbocycles. The molecule has 2 aromatic rings. The number of carbonyl (C=O) groups excluding carboxylic acids is 1. The van der Waals surface area contributed by atoms with Crippen LogP contribution in [0.5, 0.6) is 0 Å². The van der Waals surface area contributed by atoms with Gasteiger partial charge in [-0.25, -0.2) is 4.98 Å². The normalized spacial score (nSPS) is 10.3. The molecule has 0 bridgehead atoms. The van der Waals surface area contributed by atoms with Crippen LogP contribution in [-0.2, 0) is 11.3 Å². The number of nitrogens with zero attached hydrogens (tertiary/aromatic N) is 2. The third kappa shape index (κ3) is 2.44. The lowest BCUT2D eigenvalue weighted by Gasteiger charge is -1.96. The molecular weight excluding hydrogens is 230 g/mol. The Bertz CT molecular complexity index is 466. The quantitative estimate of drug-likeness (QED) is 0.875. The summed E-state index contributed by atoms with van der Waals surface area (Å²) in [7, 11) is 1.56. The van der Waals surface area contributed by atoms with Crippen LogP contribution in [0.3, 0.4) is 0 Å². The van der Waals surface area contributed by atoms with Crippen molar-refractivity contribution in [2.75, 3.05) is 12.4 Å². The molecule has 16 heavy (non-hydrogen) atoms. The summed E-state index contributed by atoms with van der Waals surface area (Å²) in [6, 6.07) is 1.58. The predicted octanol–water partition coefficient (Wildman–Crippen LogP) is 1.53. The minimum Gasteiger partial charge on any atom is -0.472 e.